The summed E-state index contributed by atoms with van der Waals surface area (Å²) in [5.74, 6) is -0.221. The first-order chi connectivity index (χ1) is 13.3. The maximum atomic E-state index is 14.0. The molecule has 4 nitrogen and oxygen atoms in total. The molecule has 0 amide bonds. The van der Waals surface area contributed by atoms with Crippen LogP contribution in [0.1, 0.15) is 16.7 Å². The Morgan fingerprint density at radius 1 is 1.00 bits per heavy atom. The van der Waals surface area contributed by atoms with E-state index in [4.69, 9.17) is 0 Å². The van der Waals surface area contributed by atoms with Gasteiger partial charge in [-0.2, -0.15) is 0 Å². The minimum Gasteiger partial charge on any atom is -0.369 e. The van der Waals surface area contributed by atoms with Gasteiger partial charge in [-0.25, -0.2) is 9.37 Å². The van der Waals surface area contributed by atoms with Crippen LogP contribution >= 0.6 is 0 Å². The van der Waals surface area contributed by atoms with Gasteiger partial charge < -0.3 is 14.8 Å². The van der Waals surface area contributed by atoms with Crippen molar-refractivity contribution in [1.82, 2.24) is 14.9 Å². The minimum absolute atomic E-state index is 0.221. The van der Waals surface area contributed by atoms with E-state index in [0.29, 0.717) is 6.54 Å². The molecule has 1 aliphatic rings. The SMILES string of the molecule is Fc1cc(C=Cc2ccc(N3CCNCC3)cc2)cc(Cn2ccnc2)c1. The molecule has 0 aliphatic carbocycles. The Morgan fingerprint density at radius 2 is 1.78 bits per heavy atom. The number of benzene rings is 2. The van der Waals surface area contributed by atoms with Crippen molar-refractivity contribution in [3.63, 3.8) is 0 Å². The standard InChI is InChI=1S/C22H23FN4/c23-21-14-19(13-20(15-21)16-26-10-7-25-17-26)2-1-18-3-5-22(6-4-18)27-11-8-24-9-12-27/h1-7,10,13-15,17,24H,8-9,11-12,16H2. The maximum absolute atomic E-state index is 14.0. The lowest BCUT2D eigenvalue weighted by atomic mass is 10.1. The Labute approximate surface area is 159 Å². The summed E-state index contributed by atoms with van der Waals surface area (Å²) in [4.78, 5) is 6.42. The molecule has 5 heteroatoms. The molecule has 27 heavy (non-hydrogen) atoms. The van der Waals surface area contributed by atoms with Gasteiger partial charge in [-0.15, -0.1) is 0 Å². The zero-order valence-electron chi connectivity index (χ0n) is 15.2. The molecule has 1 N–H and O–H groups in total. The molecule has 0 atom stereocenters. The monoisotopic (exact) mass is 362 g/mol. The van der Waals surface area contributed by atoms with Crippen LogP contribution in [0.25, 0.3) is 12.2 Å². The average Bonchev–Trinajstić information content (AvgIpc) is 3.20. The van der Waals surface area contributed by atoms with E-state index in [-0.39, 0.29) is 5.82 Å². The van der Waals surface area contributed by atoms with Crippen LogP contribution in [-0.2, 0) is 6.54 Å². The predicted octanol–water partition coefficient (Wildman–Crippen LogP) is 3.65. The van der Waals surface area contributed by atoms with Gasteiger partial charge in [0.1, 0.15) is 5.82 Å². The molecule has 1 aromatic heterocycles. The number of aromatic nitrogens is 2. The summed E-state index contributed by atoms with van der Waals surface area (Å²) in [7, 11) is 0. The Hall–Kier alpha value is -2.92. The van der Waals surface area contributed by atoms with Crippen LogP contribution in [0.3, 0.4) is 0 Å². The largest absolute Gasteiger partial charge is 0.369 e. The lowest BCUT2D eigenvalue weighted by Gasteiger charge is -2.29. The normalized spacial score (nSPS) is 14.8. The van der Waals surface area contributed by atoms with E-state index < -0.39 is 0 Å². The topological polar surface area (TPSA) is 33.1 Å². The van der Waals surface area contributed by atoms with Crippen molar-refractivity contribution < 1.29 is 4.39 Å². The zero-order chi connectivity index (χ0) is 18.5. The third-order valence-electron chi connectivity index (χ3n) is 4.75. The Morgan fingerprint density at radius 3 is 2.52 bits per heavy atom. The lowest BCUT2D eigenvalue weighted by Crippen LogP contribution is -2.43. The van der Waals surface area contributed by atoms with E-state index >= 15 is 0 Å². The van der Waals surface area contributed by atoms with Crippen LogP contribution in [0.4, 0.5) is 10.1 Å². The molecule has 0 saturated carbocycles. The van der Waals surface area contributed by atoms with Crippen LogP contribution in [0.5, 0.6) is 0 Å². The molecule has 1 aliphatic heterocycles. The average molecular weight is 362 g/mol. The second-order valence-corrected chi connectivity index (χ2v) is 6.79. The highest BCUT2D eigenvalue weighted by atomic mass is 19.1. The van der Waals surface area contributed by atoms with Gasteiger partial charge in [0.25, 0.3) is 0 Å². The summed E-state index contributed by atoms with van der Waals surface area (Å²) >= 11 is 0. The van der Waals surface area contributed by atoms with Gasteiger partial charge in [-0.1, -0.05) is 24.3 Å². The fourth-order valence-corrected chi connectivity index (χ4v) is 3.37. The summed E-state index contributed by atoms with van der Waals surface area (Å²) in [6, 6.07) is 13.7. The number of hydrogen-bond donors (Lipinski definition) is 1. The van der Waals surface area contributed by atoms with Gasteiger partial charge in [0, 0.05) is 50.8 Å². The van der Waals surface area contributed by atoms with Gasteiger partial charge in [0.05, 0.1) is 6.33 Å². The van der Waals surface area contributed by atoms with Crippen LogP contribution in [0.15, 0.2) is 61.2 Å². The van der Waals surface area contributed by atoms with Crippen molar-refractivity contribution in [2.24, 2.45) is 0 Å². The minimum atomic E-state index is -0.221. The zero-order valence-corrected chi connectivity index (χ0v) is 15.2. The van der Waals surface area contributed by atoms with Crippen LogP contribution in [0.2, 0.25) is 0 Å². The molecule has 0 radical (unpaired) electrons. The summed E-state index contributed by atoms with van der Waals surface area (Å²) < 4.78 is 15.9. The highest BCUT2D eigenvalue weighted by Crippen LogP contribution is 2.18. The Bertz CT molecular complexity index is 895. The number of anilines is 1. The number of imidazole rings is 1. The first-order valence-electron chi connectivity index (χ1n) is 9.25. The first kappa shape index (κ1) is 17.5. The van der Waals surface area contributed by atoms with E-state index in [1.54, 1.807) is 24.7 Å². The molecule has 0 unspecified atom stereocenters. The van der Waals surface area contributed by atoms with Gasteiger partial charge in [-0.3, -0.25) is 0 Å². The maximum Gasteiger partial charge on any atom is 0.124 e. The third-order valence-corrected chi connectivity index (χ3v) is 4.75. The quantitative estimate of drug-likeness (QED) is 0.704. The van der Waals surface area contributed by atoms with E-state index in [1.165, 1.54) is 5.69 Å². The van der Waals surface area contributed by atoms with E-state index in [2.05, 4.69) is 39.5 Å². The molecular weight excluding hydrogens is 339 g/mol. The number of halogens is 1. The second kappa shape index (κ2) is 8.18. The fourth-order valence-electron chi connectivity index (χ4n) is 3.37. The first-order valence-corrected chi connectivity index (χ1v) is 9.25. The number of nitrogens with zero attached hydrogens (tertiary/aromatic N) is 3. The molecule has 0 bridgehead atoms. The molecule has 4 rings (SSSR count). The van der Waals surface area contributed by atoms with Crippen molar-refractivity contribution in [3.8, 4) is 0 Å². The molecular formula is C22H23FN4. The molecule has 2 heterocycles. The molecule has 1 fully saturated rings. The lowest BCUT2D eigenvalue weighted by molar-refractivity contribution is 0.589. The summed E-state index contributed by atoms with van der Waals surface area (Å²) in [6.45, 7) is 4.75. The molecule has 1 saturated heterocycles. The fraction of sp³-hybridized carbons (Fsp3) is 0.227. The molecule has 0 spiro atoms. The smallest absolute Gasteiger partial charge is 0.124 e. The second-order valence-electron chi connectivity index (χ2n) is 6.79. The van der Waals surface area contributed by atoms with E-state index in [0.717, 1.165) is 42.9 Å². The van der Waals surface area contributed by atoms with Crippen LogP contribution in [0, 0.1) is 5.82 Å². The predicted molar refractivity (Wildman–Crippen MR) is 108 cm³/mol. The van der Waals surface area contributed by atoms with Crippen molar-refractivity contribution in [1.29, 1.82) is 0 Å². The Kier molecular flexibility index (Phi) is 5.30. The van der Waals surface area contributed by atoms with E-state index in [1.807, 2.05) is 29.0 Å². The van der Waals surface area contributed by atoms with Crippen molar-refractivity contribution in [2.75, 3.05) is 31.1 Å². The van der Waals surface area contributed by atoms with Gasteiger partial charge in [0.15, 0.2) is 0 Å². The number of nitrogens with one attached hydrogen (secondary N) is 1. The number of piperazine rings is 1. The highest BCUT2D eigenvalue weighted by Gasteiger charge is 2.09. The van der Waals surface area contributed by atoms with Crippen LogP contribution in [-0.4, -0.2) is 35.7 Å². The van der Waals surface area contributed by atoms with Crippen molar-refractivity contribution >= 4 is 17.8 Å². The molecule has 138 valence electrons. The van der Waals surface area contributed by atoms with E-state index in [9.17, 15) is 4.39 Å². The summed E-state index contributed by atoms with van der Waals surface area (Å²) in [5.41, 5.74) is 4.13. The van der Waals surface area contributed by atoms with Crippen LogP contribution < -0.4 is 10.2 Å². The molecule has 3 aromatic rings. The van der Waals surface area contributed by atoms with Crippen molar-refractivity contribution in [2.45, 2.75) is 6.54 Å². The van der Waals surface area contributed by atoms with Gasteiger partial charge in [0.2, 0.25) is 0 Å². The summed E-state index contributed by atoms with van der Waals surface area (Å²) in [6.07, 6.45) is 9.32. The van der Waals surface area contributed by atoms with Gasteiger partial charge in [-0.05, 0) is 47.0 Å². The highest BCUT2D eigenvalue weighted by molar-refractivity contribution is 5.70. The number of hydrogen-bond acceptors (Lipinski definition) is 3. The third kappa shape index (κ3) is 4.63. The summed E-state index contributed by atoms with van der Waals surface area (Å²) in [5, 5.41) is 3.37. The van der Waals surface area contributed by atoms with Gasteiger partial charge >= 0.3 is 0 Å². The molecule has 2 aromatic carbocycles. The Balaban J connectivity index is 1.46. The van der Waals surface area contributed by atoms with Crippen molar-refractivity contribution in [3.05, 3.63) is 83.7 Å². The number of rotatable bonds is 5.